The largest absolute Gasteiger partial charge is 0.296 e. The maximum Gasteiger partial charge on any atom is 0.296 e. The van der Waals surface area contributed by atoms with Crippen molar-refractivity contribution in [2.24, 2.45) is 5.14 Å². The molecule has 4 nitrogen and oxygen atoms in total. The molecule has 0 aliphatic heterocycles. The number of anilines is 1. The van der Waals surface area contributed by atoms with Crippen molar-refractivity contribution in [3.8, 4) is 0 Å². The Morgan fingerprint density at radius 3 is 2.42 bits per heavy atom. The minimum absolute atomic E-state index is 0.431. The van der Waals surface area contributed by atoms with Crippen molar-refractivity contribution in [1.29, 1.82) is 0 Å². The van der Waals surface area contributed by atoms with Crippen molar-refractivity contribution in [1.82, 2.24) is 0 Å². The van der Waals surface area contributed by atoms with Crippen LogP contribution in [0.5, 0.6) is 0 Å². The fourth-order valence-corrected chi connectivity index (χ4v) is 1.70. The molecule has 0 aromatic heterocycles. The standard InChI is InChI=1S/C6H7BrN2O2S/c7-5-3-1-2-4-6(5)9-12(8,10)11/h1-4,9H,(H2,8,10,11). The van der Waals surface area contributed by atoms with E-state index in [1.54, 1.807) is 24.3 Å². The van der Waals surface area contributed by atoms with Gasteiger partial charge in [-0.05, 0) is 28.1 Å². The van der Waals surface area contributed by atoms with Crippen LogP contribution in [0.4, 0.5) is 5.69 Å². The van der Waals surface area contributed by atoms with E-state index in [0.717, 1.165) is 0 Å². The Kier molecular flexibility index (Phi) is 2.71. The molecule has 0 heterocycles. The molecule has 0 spiro atoms. The minimum Gasteiger partial charge on any atom is -0.270 e. The van der Waals surface area contributed by atoms with E-state index in [-0.39, 0.29) is 0 Å². The monoisotopic (exact) mass is 250 g/mol. The van der Waals surface area contributed by atoms with Gasteiger partial charge in [-0.3, -0.25) is 4.72 Å². The van der Waals surface area contributed by atoms with Gasteiger partial charge in [0.1, 0.15) is 0 Å². The lowest BCUT2D eigenvalue weighted by Gasteiger charge is -2.04. The maximum absolute atomic E-state index is 10.6. The molecule has 0 radical (unpaired) electrons. The molecule has 66 valence electrons. The molecule has 1 aromatic carbocycles. The molecule has 0 amide bonds. The second kappa shape index (κ2) is 3.42. The summed E-state index contributed by atoms with van der Waals surface area (Å²) in [6.45, 7) is 0. The fourth-order valence-electron chi connectivity index (χ4n) is 0.697. The molecule has 0 fully saturated rings. The molecule has 1 rings (SSSR count). The molecule has 0 aliphatic carbocycles. The summed E-state index contributed by atoms with van der Waals surface area (Å²) in [5, 5.41) is 4.78. The smallest absolute Gasteiger partial charge is 0.270 e. The van der Waals surface area contributed by atoms with Gasteiger partial charge in [-0.15, -0.1) is 0 Å². The SMILES string of the molecule is NS(=O)(=O)Nc1ccccc1Br. The Balaban J connectivity index is 2.98. The van der Waals surface area contributed by atoms with Crippen LogP contribution in [-0.4, -0.2) is 8.42 Å². The zero-order valence-corrected chi connectivity index (χ0v) is 8.39. The van der Waals surface area contributed by atoms with E-state index in [0.29, 0.717) is 10.2 Å². The van der Waals surface area contributed by atoms with E-state index in [1.165, 1.54) is 0 Å². The summed E-state index contributed by atoms with van der Waals surface area (Å²) >= 11 is 3.17. The molecular weight excluding hydrogens is 244 g/mol. The summed E-state index contributed by atoms with van der Waals surface area (Å²) in [5.41, 5.74) is 0.431. The zero-order chi connectivity index (χ0) is 9.19. The van der Waals surface area contributed by atoms with Gasteiger partial charge in [0, 0.05) is 4.47 Å². The average molecular weight is 251 g/mol. The Labute approximate surface area is 79.1 Å². The fraction of sp³-hybridized carbons (Fsp3) is 0. The summed E-state index contributed by atoms with van der Waals surface area (Å²) in [4.78, 5) is 0. The molecule has 1 aromatic rings. The summed E-state index contributed by atoms with van der Waals surface area (Å²) in [7, 11) is -3.68. The lowest BCUT2D eigenvalue weighted by Crippen LogP contribution is -2.21. The van der Waals surface area contributed by atoms with Gasteiger partial charge >= 0.3 is 0 Å². The van der Waals surface area contributed by atoms with Crippen LogP contribution in [0.2, 0.25) is 0 Å². The highest BCUT2D eigenvalue weighted by Crippen LogP contribution is 2.21. The average Bonchev–Trinajstić information content (AvgIpc) is 1.91. The van der Waals surface area contributed by atoms with E-state index < -0.39 is 10.2 Å². The number of hydrogen-bond acceptors (Lipinski definition) is 2. The lowest BCUT2D eigenvalue weighted by molar-refractivity contribution is 0.603. The Morgan fingerprint density at radius 1 is 1.33 bits per heavy atom. The normalized spacial score (nSPS) is 11.2. The first-order chi connectivity index (χ1) is 5.49. The minimum atomic E-state index is -3.68. The molecule has 0 unspecified atom stereocenters. The lowest BCUT2D eigenvalue weighted by atomic mass is 10.3. The number of halogens is 1. The number of para-hydroxylation sites is 1. The van der Waals surface area contributed by atoms with Gasteiger partial charge in [0.05, 0.1) is 5.69 Å². The Morgan fingerprint density at radius 2 is 1.92 bits per heavy atom. The second-order valence-corrected chi connectivity index (χ2v) is 4.28. The highest BCUT2D eigenvalue weighted by Gasteiger charge is 2.03. The van der Waals surface area contributed by atoms with Crippen molar-refractivity contribution < 1.29 is 8.42 Å². The first kappa shape index (κ1) is 9.50. The van der Waals surface area contributed by atoms with E-state index in [1.807, 2.05) is 0 Å². The van der Waals surface area contributed by atoms with Gasteiger partial charge in [-0.2, -0.15) is 8.42 Å². The topological polar surface area (TPSA) is 72.2 Å². The third kappa shape index (κ3) is 2.80. The van der Waals surface area contributed by atoms with Crippen molar-refractivity contribution in [3.63, 3.8) is 0 Å². The van der Waals surface area contributed by atoms with E-state index in [2.05, 4.69) is 20.7 Å². The quantitative estimate of drug-likeness (QED) is 0.825. The van der Waals surface area contributed by atoms with Crippen LogP contribution in [0.15, 0.2) is 28.7 Å². The number of hydrogen-bond donors (Lipinski definition) is 2. The predicted octanol–water partition coefficient (Wildman–Crippen LogP) is 1.06. The summed E-state index contributed by atoms with van der Waals surface area (Å²) in [6.07, 6.45) is 0. The second-order valence-electron chi connectivity index (χ2n) is 2.13. The van der Waals surface area contributed by atoms with Gasteiger partial charge in [0.25, 0.3) is 10.2 Å². The van der Waals surface area contributed by atoms with Crippen LogP contribution >= 0.6 is 15.9 Å². The van der Waals surface area contributed by atoms with Crippen LogP contribution in [0, 0.1) is 0 Å². The van der Waals surface area contributed by atoms with Crippen LogP contribution in [0.25, 0.3) is 0 Å². The molecule has 0 atom stereocenters. The highest BCUT2D eigenvalue weighted by atomic mass is 79.9. The van der Waals surface area contributed by atoms with Crippen molar-refractivity contribution in [2.45, 2.75) is 0 Å². The third-order valence-electron chi connectivity index (χ3n) is 1.13. The molecule has 0 bridgehead atoms. The first-order valence-corrected chi connectivity index (χ1v) is 5.38. The van der Waals surface area contributed by atoms with Gasteiger partial charge in [0.15, 0.2) is 0 Å². The number of benzene rings is 1. The molecule has 0 saturated heterocycles. The van der Waals surface area contributed by atoms with Crippen molar-refractivity contribution in [2.75, 3.05) is 4.72 Å². The zero-order valence-electron chi connectivity index (χ0n) is 5.99. The van der Waals surface area contributed by atoms with Crippen molar-refractivity contribution >= 4 is 31.8 Å². The summed E-state index contributed by atoms with van der Waals surface area (Å²) < 4.78 is 24.0. The highest BCUT2D eigenvalue weighted by molar-refractivity contribution is 9.10. The summed E-state index contributed by atoms with van der Waals surface area (Å²) in [6, 6.07) is 6.80. The van der Waals surface area contributed by atoms with E-state index in [4.69, 9.17) is 5.14 Å². The van der Waals surface area contributed by atoms with Crippen molar-refractivity contribution in [3.05, 3.63) is 28.7 Å². The first-order valence-electron chi connectivity index (χ1n) is 3.04. The molecular formula is C6H7BrN2O2S. The summed E-state index contributed by atoms with van der Waals surface area (Å²) in [5.74, 6) is 0. The predicted molar refractivity (Wildman–Crippen MR) is 50.9 cm³/mol. The van der Waals surface area contributed by atoms with Gasteiger partial charge < -0.3 is 0 Å². The van der Waals surface area contributed by atoms with E-state index in [9.17, 15) is 8.42 Å². The van der Waals surface area contributed by atoms with Crippen LogP contribution in [-0.2, 0) is 10.2 Å². The molecule has 0 aliphatic rings. The van der Waals surface area contributed by atoms with Gasteiger partial charge in [-0.1, -0.05) is 12.1 Å². The van der Waals surface area contributed by atoms with E-state index >= 15 is 0 Å². The molecule has 12 heavy (non-hydrogen) atoms. The van der Waals surface area contributed by atoms with Crippen LogP contribution in [0.3, 0.4) is 0 Å². The number of rotatable bonds is 2. The number of nitrogens with two attached hydrogens (primary N) is 1. The van der Waals surface area contributed by atoms with Crippen LogP contribution < -0.4 is 9.86 Å². The third-order valence-corrected chi connectivity index (χ3v) is 2.32. The molecule has 3 N–H and O–H groups in total. The van der Waals surface area contributed by atoms with Crippen LogP contribution in [0.1, 0.15) is 0 Å². The van der Waals surface area contributed by atoms with Gasteiger partial charge in [-0.25, -0.2) is 5.14 Å². The van der Waals surface area contributed by atoms with Gasteiger partial charge in [0.2, 0.25) is 0 Å². The Bertz CT molecular complexity index is 377. The Hall–Kier alpha value is -0.590. The maximum atomic E-state index is 10.6. The number of nitrogens with one attached hydrogen (secondary N) is 1. The molecule has 6 heteroatoms. The molecule has 0 saturated carbocycles.